The van der Waals surface area contributed by atoms with E-state index in [1.807, 2.05) is 0 Å². The van der Waals surface area contributed by atoms with Gasteiger partial charge in [0.15, 0.2) is 0 Å². The van der Waals surface area contributed by atoms with Crippen molar-refractivity contribution >= 4 is 34.5 Å². The Balaban J connectivity index is 1.95. The summed E-state index contributed by atoms with van der Waals surface area (Å²) >= 11 is 1.54. The average molecular weight is 362 g/mol. The van der Waals surface area contributed by atoms with E-state index in [9.17, 15) is 19.8 Å². The fourth-order valence-electron chi connectivity index (χ4n) is 3.10. The van der Waals surface area contributed by atoms with Crippen LogP contribution in [0.3, 0.4) is 0 Å². The Morgan fingerprint density at radius 2 is 2.22 bits per heavy atom. The first-order chi connectivity index (χ1) is 10.9. The summed E-state index contributed by atoms with van der Waals surface area (Å²) in [6.07, 6.45) is 3.04. The lowest BCUT2D eigenvalue weighted by atomic mass is 9.83. The topological polar surface area (TPSA) is 104 Å². The molecule has 0 aromatic carbocycles. The van der Waals surface area contributed by atoms with Crippen LogP contribution in [0.1, 0.15) is 19.8 Å². The van der Waals surface area contributed by atoms with E-state index in [2.05, 4.69) is 6.26 Å². The van der Waals surface area contributed by atoms with Gasteiger partial charge in [-0.2, -0.15) is 0 Å². The molecule has 0 spiro atoms. The van der Waals surface area contributed by atoms with Gasteiger partial charge in [-0.15, -0.1) is 11.8 Å². The molecule has 0 bridgehead atoms. The van der Waals surface area contributed by atoms with Gasteiger partial charge >= 0.3 is 5.97 Å². The number of aliphatic hydroxyl groups is 1. The lowest BCUT2D eigenvalue weighted by Crippen LogP contribution is -2.61. The molecule has 2 aliphatic rings. The molecule has 130 valence electrons. The summed E-state index contributed by atoms with van der Waals surface area (Å²) in [6.45, 7) is 2.30. The second kappa shape index (κ2) is 7.92. The zero-order valence-corrected chi connectivity index (χ0v) is 15.2. The highest BCUT2D eigenvalue weighted by atomic mass is 32.2. The van der Waals surface area contributed by atoms with Crippen molar-refractivity contribution in [2.24, 2.45) is 11.7 Å². The van der Waals surface area contributed by atoms with Gasteiger partial charge in [-0.3, -0.25) is 4.79 Å². The first-order valence-corrected chi connectivity index (χ1v) is 10.7. The van der Waals surface area contributed by atoms with Gasteiger partial charge in [0.2, 0.25) is 5.91 Å². The summed E-state index contributed by atoms with van der Waals surface area (Å²) in [5.74, 6) is 1.21. The molecule has 4 N–H and O–H groups in total. The third-order valence-electron chi connectivity index (χ3n) is 4.30. The molecule has 0 saturated carbocycles. The van der Waals surface area contributed by atoms with E-state index in [0.717, 1.165) is 28.6 Å². The van der Waals surface area contributed by atoms with Crippen LogP contribution in [-0.2, 0) is 20.5 Å². The minimum Gasteiger partial charge on any atom is -0.477 e. The molecule has 0 aliphatic carbocycles. The molecule has 23 heavy (non-hydrogen) atoms. The smallest absolute Gasteiger partial charge is 0.353 e. The minimum atomic E-state index is -1.05. The standard InChI is InChI=1S/C15H24N2O4S2/c1-9(18)12-10-8-11(13(15(20)21)17(10)14(12)19)22-5-7-23(2)6-3-4-16/h9-10,12,18H,3-8,16H2,1-2H3/p+1/t9-,10?,12?,23?/m1/s1. The van der Waals surface area contributed by atoms with Crippen molar-refractivity contribution in [1.29, 1.82) is 0 Å². The van der Waals surface area contributed by atoms with Gasteiger partial charge in [-0.05, 0) is 24.4 Å². The Hall–Kier alpha value is -0.700. The summed E-state index contributed by atoms with van der Waals surface area (Å²) in [6, 6.07) is -0.187. The van der Waals surface area contributed by atoms with E-state index < -0.39 is 18.0 Å². The highest BCUT2D eigenvalue weighted by molar-refractivity contribution is 8.04. The van der Waals surface area contributed by atoms with E-state index >= 15 is 0 Å². The number of carboxylic acid groups (broad SMARTS) is 1. The number of hydrogen-bond acceptors (Lipinski definition) is 5. The molecule has 6 nitrogen and oxygen atoms in total. The predicted octanol–water partition coefficient (Wildman–Crippen LogP) is 0.224. The number of carboxylic acids is 1. The molecule has 2 rings (SSSR count). The number of fused-ring (bicyclic) bond motifs is 1. The van der Waals surface area contributed by atoms with Gasteiger partial charge in [-0.25, -0.2) is 4.79 Å². The third kappa shape index (κ3) is 3.87. The van der Waals surface area contributed by atoms with Crippen LogP contribution in [-0.4, -0.2) is 69.2 Å². The van der Waals surface area contributed by atoms with E-state index in [0.29, 0.717) is 23.9 Å². The van der Waals surface area contributed by atoms with E-state index in [-0.39, 0.29) is 17.6 Å². The fourth-order valence-corrected chi connectivity index (χ4v) is 6.29. The molecule has 2 heterocycles. The number of rotatable bonds is 9. The number of nitrogens with two attached hydrogens (primary N) is 1. The van der Waals surface area contributed by atoms with Crippen molar-refractivity contribution in [3.05, 3.63) is 10.6 Å². The molecule has 0 radical (unpaired) electrons. The number of β-lactam (4-membered cyclic amide) rings is 1. The zero-order valence-electron chi connectivity index (χ0n) is 13.5. The van der Waals surface area contributed by atoms with Gasteiger partial charge in [0.1, 0.15) is 17.2 Å². The number of thioether (sulfide) groups is 1. The van der Waals surface area contributed by atoms with Crippen LogP contribution in [0, 0.1) is 5.92 Å². The molecular formula is C15H25N2O4S2+. The number of nitrogens with zero attached hydrogens (tertiary/aromatic N) is 1. The Labute approximate surface area is 143 Å². The minimum absolute atomic E-state index is 0.125. The Morgan fingerprint density at radius 1 is 1.52 bits per heavy atom. The fraction of sp³-hybridized carbons (Fsp3) is 0.733. The Bertz CT molecular complexity index is 510. The zero-order chi connectivity index (χ0) is 17.1. The van der Waals surface area contributed by atoms with Gasteiger partial charge in [0.25, 0.3) is 0 Å². The highest BCUT2D eigenvalue weighted by Gasteiger charge is 2.56. The summed E-state index contributed by atoms with van der Waals surface area (Å²) < 4.78 is 0. The van der Waals surface area contributed by atoms with Crippen LogP contribution in [0.5, 0.6) is 0 Å². The number of hydrogen-bond donors (Lipinski definition) is 3. The van der Waals surface area contributed by atoms with Crippen molar-refractivity contribution in [2.75, 3.05) is 30.1 Å². The second-order valence-corrected chi connectivity index (χ2v) is 9.57. The number of aliphatic hydroxyl groups excluding tert-OH is 1. The van der Waals surface area contributed by atoms with Gasteiger partial charge in [0.05, 0.1) is 24.3 Å². The summed E-state index contributed by atoms with van der Waals surface area (Å²) in [5, 5.41) is 19.1. The molecule has 0 aromatic rings. The lowest BCUT2D eigenvalue weighted by molar-refractivity contribution is -0.161. The second-order valence-electron chi connectivity index (χ2n) is 6.00. The van der Waals surface area contributed by atoms with E-state index in [1.165, 1.54) is 4.90 Å². The highest BCUT2D eigenvalue weighted by Crippen LogP contribution is 2.46. The number of carbonyl (C=O) groups is 2. The average Bonchev–Trinajstić information content (AvgIpc) is 2.79. The van der Waals surface area contributed by atoms with Crippen LogP contribution in [0.15, 0.2) is 10.6 Å². The maximum atomic E-state index is 12.1. The predicted molar refractivity (Wildman–Crippen MR) is 94.2 cm³/mol. The molecule has 4 atom stereocenters. The van der Waals surface area contributed by atoms with Crippen LogP contribution >= 0.6 is 11.8 Å². The molecule has 1 amide bonds. The first-order valence-electron chi connectivity index (χ1n) is 7.78. The number of carbonyl (C=O) groups excluding carboxylic acids is 1. The normalized spacial score (nSPS) is 26.1. The number of amides is 1. The molecule has 2 aliphatic heterocycles. The maximum absolute atomic E-state index is 12.1. The summed E-state index contributed by atoms with van der Waals surface area (Å²) in [5.41, 5.74) is 5.64. The van der Waals surface area contributed by atoms with Crippen molar-refractivity contribution in [1.82, 2.24) is 4.90 Å². The number of aliphatic carboxylic acids is 1. The summed E-state index contributed by atoms with van der Waals surface area (Å²) in [4.78, 5) is 25.8. The Morgan fingerprint density at radius 3 is 2.78 bits per heavy atom. The van der Waals surface area contributed by atoms with Gasteiger partial charge in [-0.1, -0.05) is 0 Å². The van der Waals surface area contributed by atoms with Crippen LogP contribution in [0.25, 0.3) is 0 Å². The van der Waals surface area contributed by atoms with Gasteiger partial charge in [0, 0.05) is 23.5 Å². The SMILES string of the molecule is C[C@@H](O)C1C(=O)N2C(C(=O)O)=C(SCC[S+](C)CCCN)CC12. The van der Waals surface area contributed by atoms with E-state index in [1.54, 1.807) is 18.7 Å². The van der Waals surface area contributed by atoms with Crippen LogP contribution < -0.4 is 5.73 Å². The molecule has 0 aromatic heterocycles. The van der Waals surface area contributed by atoms with Crippen LogP contribution in [0.4, 0.5) is 0 Å². The first kappa shape index (κ1) is 18.6. The molecule has 8 heteroatoms. The Kier molecular flexibility index (Phi) is 6.41. The van der Waals surface area contributed by atoms with Gasteiger partial charge < -0.3 is 20.8 Å². The maximum Gasteiger partial charge on any atom is 0.353 e. The summed E-state index contributed by atoms with van der Waals surface area (Å²) in [7, 11) is 0.294. The molecule has 1 saturated heterocycles. The van der Waals surface area contributed by atoms with Crippen LogP contribution in [0.2, 0.25) is 0 Å². The van der Waals surface area contributed by atoms with Crippen molar-refractivity contribution in [3.8, 4) is 0 Å². The molecule has 1 fully saturated rings. The van der Waals surface area contributed by atoms with E-state index in [4.69, 9.17) is 5.73 Å². The van der Waals surface area contributed by atoms with Crippen molar-refractivity contribution < 1.29 is 19.8 Å². The van der Waals surface area contributed by atoms with Crippen molar-refractivity contribution in [3.63, 3.8) is 0 Å². The van der Waals surface area contributed by atoms with Crippen molar-refractivity contribution in [2.45, 2.75) is 31.9 Å². The quantitative estimate of drug-likeness (QED) is 0.401. The lowest BCUT2D eigenvalue weighted by Gasteiger charge is -2.44. The molecule has 3 unspecified atom stereocenters. The monoisotopic (exact) mass is 361 g/mol. The molecular weight excluding hydrogens is 336 g/mol. The third-order valence-corrected chi connectivity index (χ3v) is 7.56. The largest absolute Gasteiger partial charge is 0.477 e.